The molecule has 1 aromatic carbocycles. The molecular formula is C12H11N3O2. The molecule has 0 atom stereocenters. The van der Waals surface area contributed by atoms with Gasteiger partial charge in [0, 0.05) is 11.1 Å². The van der Waals surface area contributed by atoms with Crippen LogP contribution in [-0.2, 0) is 0 Å². The molecule has 2 rings (SSSR count). The summed E-state index contributed by atoms with van der Waals surface area (Å²) in [5.74, 6) is 0.742. The normalized spacial score (nSPS) is 10.6. The number of hydrogen-bond donors (Lipinski definition) is 2. The number of carbonyl (C=O) groups is 1. The molecule has 0 bridgehead atoms. The summed E-state index contributed by atoms with van der Waals surface area (Å²) in [6.07, 6.45) is 3.12. The molecule has 0 fully saturated rings. The van der Waals surface area contributed by atoms with Crippen LogP contribution in [0.1, 0.15) is 5.56 Å². The fraction of sp³-hybridized carbons (Fsp3) is 0. The van der Waals surface area contributed by atoms with E-state index in [1.165, 1.54) is 6.21 Å². The van der Waals surface area contributed by atoms with Crippen molar-refractivity contribution in [1.29, 1.82) is 0 Å². The highest BCUT2D eigenvalue weighted by molar-refractivity contribution is 5.89. The standard InChI is InChI=1S/C12H11N3O2/c13-12(16)15-14-8-9-4-1-2-5-10(9)11-6-3-7-17-11/h1-8H,(H3,13,15,16). The molecule has 2 amide bonds. The van der Waals surface area contributed by atoms with Crippen molar-refractivity contribution in [2.45, 2.75) is 0 Å². The maximum Gasteiger partial charge on any atom is 0.332 e. The van der Waals surface area contributed by atoms with Gasteiger partial charge in [0.1, 0.15) is 5.76 Å². The average molecular weight is 229 g/mol. The minimum atomic E-state index is -0.697. The maximum absolute atomic E-state index is 10.5. The largest absolute Gasteiger partial charge is 0.464 e. The summed E-state index contributed by atoms with van der Waals surface area (Å²) >= 11 is 0. The molecule has 1 aromatic heterocycles. The van der Waals surface area contributed by atoms with E-state index in [0.717, 1.165) is 16.9 Å². The molecule has 3 N–H and O–H groups in total. The smallest absolute Gasteiger partial charge is 0.332 e. The molecule has 0 aliphatic heterocycles. The van der Waals surface area contributed by atoms with Crippen LogP contribution in [0.15, 0.2) is 52.2 Å². The van der Waals surface area contributed by atoms with Crippen molar-refractivity contribution in [1.82, 2.24) is 5.43 Å². The third-order valence-electron chi connectivity index (χ3n) is 2.13. The van der Waals surface area contributed by atoms with Gasteiger partial charge in [0.2, 0.25) is 0 Å². The number of nitrogens with two attached hydrogens (primary N) is 1. The van der Waals surface area contributed by atoms with Gasteiger partial charge >= 0.3 is 6.03 Å². The maximum atomic E-state index is 10.5. The molecule has 0 aliphatic carbocycles. The van der Waals surface area contributed by atoms with Crippen LogP contribution in [-0.4, -0.2) is 12.2 Å². The highest BCUT2D eigenvalue weighted by Gasteiger charge is 2.04. The minimum absolute atomic E-state index is 0.697. The van der Waals surface area contributed by atoms with Gasteiger partial charge in [0.05, 0.1) is 12.5 Å². The van der Waals surface area contributed by atoms with Crippen molar-refractivity contribution in [3.05, 3.63) is 48.2 Å². The Bertz CT molecular complexity index is 532. The van der Waals surface area contributed by atoms with E-state index in [-0.39, 0.29) is 0 Å². The quantitative estimate of drug-likeness (QED) is 0.623. The number of urea groups is 1. The summed E-state index contributed by atoms with van der Waals surface area (Å²) in [5, 5.41) is 3.72. The number of amides is 2. The van der Waals surface area contributed by atoms with Crippen LogP contribution in [0.4, 0.5) is 4.79 Å². The molecule has 5 nitrogen and oxygen atoms in total. The molecule has 0 unspecified atom stereocenters. The number of nitrogens with zero attached hydrogens (tertiary/aromatic N) is 1. The summed E-state index contributed by atoms with van der Waals surface area (Å²) < 4.78 is 5.31. The first kappa shape index (κ1) is 10.9. The van der Waals surface area contributed by atoms with Gasteiger partial charge in [-0.05, 0) is 12.1 Å². The van der Waals surface area contributed by atoms with Crippen LogP contribution in [0.2, 0.25) is 0 Å². The van der Waals surface area contributed by atoms with Gasteiger partial charge in [-0.15, -0.1) is 0 Å². The first-order chi connectivity index (χ1) is 8.27. The van der Waals surface area contributed by atoms with Gasteiger partial charge < -0.3 is 10.2 Å². The Kier molecular flexibility index (Phi) is 3.20. The van der Waals surface area contributed by atoms with E-state index >= 15 is 0 Å². The van der Waals surface area contributed by atoms with E-state index in [1.54, 1.807) is 6.26 Å². The fourth-order valence-corrected chi connectivity index (χ4v) is 1.43. The summed E-state index contributed by atoms with van der Waals surface area (Å²) in [6.45, 7) is 0. The molecular weight excluding hydrogens is 218 g/mol. The highest BCUT2D eigenvalue weighted by Crippen LogP contribution is 2.22. The molecule has 0 radical (unpaired) electrons. The predicted molar refractivity (Wildman–Crippen MR) is 64.5 cm³/mol. The molecule has 0 saturated heterocycles. The lowest BCUT2D eigenvalue weighted by molar-refractivity contribution is 0.249. The van der Waals surface area contributed by atoms with Crippen LogP contribution in [0.25, 0.3) is 11.3 Å². The third-order valence-corrected chi connectivity index (χ3v) is 2.13. The molecule has 1 heterocycles. The number of hydrogen-bond acceptors (Lipinski definition) is 3. The lowest BCUT2D eigenvalue weighted by atomic mass is 10.1. The monoisotopic (exact) mass is 229 g/mol. The number of furan rings is 1. The molecule has 2 aromatic rings. The molecule has 5 heteroatoms. The third kappa shape index (κ3) is 2.72. The first-order valence-electron chi connectivity index (χ1n) is 4.99. The molecule has 0 aliphatic rings. The summed E-state index contributed by atoms with van der Waals surface area (Å²) in [4.78, 5) is 10.5. The Balaban J connectivity index is 2.28. The number of benzene rings is 1. The van der Waals surface area contributed by atoms with Crippen LogP contribution in [0.3, 0.4) is 0 Å². The van der Waals surface area contributed by atoms with Crippen molar-refractivity contribution in [2.24, 2.45) is 10.8 Å². The Hall–Kier alpha value is -2.56. The number of primary amides is 1. The average Bonchev–Trinajstić information content (AvgIpc) is 2.82. The predicted octanol–water partition coefficient (Wildman–Crippen LogP) is 1.95. The van der Waals surface area contributed by atoms with Crippen LogP contribution in [0.5, 0.6) is 0 Å². The molecule has 0 spiro atoms. The summed E-state index contributed by atoms with van der Waals surface area (Å²) in [5.41, 5.74) is 8.78. The molecule has 17 heavy (non-hydrogen) atoms. The zero-order chi connectivity index (χ0) is 12.1. The van der Waals surface area contributed by atoms with Gasteiger partial charge in [-0.2, -0.15) is 5.10 Å². The first-order valence-corrected chi connectivity index (χ1v) is 4.99. The van der Waals surface area contributed by atoms with Gasteiger partial charge in [0.15, 0.2) is 0 Å². The Morgan fingerprint density at radius 2 is 2.12 bits per heavy atom. The highest BCUT2D eigenvalue weighted by atomic mass is 16.3. The van der Waals surface area contributed by atoms with Gasteiger partial charge in [-0.25, -0.2) is 10.2 Å². The second-order valence-corrected chi connectivity index (χ2v) is 3.30. The summed E-state index contributed by atoms with van der Waals surface area (Å²) in [7, 11) is 0. The second-order valence-electron chi connectivity index (χ2n) is 3.30. The Labute approximate surface area is 97.9 Å². The van der Waals surface area contributed by atoms with Crippen LogP contribution < -0.4 is 11.2 Å². The van der Waals surface area contributed by atoms with Crippen molar-refractivity contribution in [3.8, 4) is 11.3 Å². The van der Waals surface area contributed by atoms with Gasteiger partial charge in [0.25, 0.3) is 0 Å². The van der Waals surface area contributed by atoms with E-state index in [0.29, 0.717) is 0 Å². The number of hydrazone groups is 1. The van der Waals surface area contributed by atoms with E-state index in [4.69, 9.17) is 10.2 Å². The minimum Gasteiger partial charge on any atom is -0.464 e. The van der Waals surface area contributed by atoms with E-state index in [1.807, 2.05) is 36.4 Å². The van der Waals surface area contributed by atoms with Crippen molar-refractivity contribution < 1.29 is 9.21 Å². The number of rotatable bonds is 3. The van der Waals surface area contributed by atoms with Crippen molar-refractivity contribution >= 4 is 12.2 Å². The van der Waals surface area contributed by atoms with Crippen molar-refractivity contribution in [3.63, 3.8) is 0 Å². The van der Waals surface area contributed by atoms with Crippen LogP contribution in [0, 0.1) is 0 Å². The lowest BCUT2D eigenvalue weighted by Crippen LogP contribution is -2.24. The van der Waals surface area contributed by atoms with Gasteiger partial charge in [-0.1, -0.05) is 24.3 Å². The SMILES string of the molecule is NC(=O)NN=Cc1ccccc1-c1ccco1. The topological polar surface area (TPSA) is 80.6 Å². The fourth-order valence-electron chi connectivity index (χ4n) is 1.43. The Morgan fingerprint density at radius 1 is 1.29 bits per heavy atom. The molecule has 0 saturated carbocycles. The van der Waals surface area contributed by atoms with E-state index in [2.05, 4.69) is 10.5 Å². The second kappa shape index (κ2) is 4.98. The summed E-state index contributed by atoms with van der Waals surface area (Å²) in [6, 6.07) is 10.5. The lowest BCUT2D eigenvalue weighted by Gasteiger charge is -2.01. The van der Waals surface area contributed by atoms with E-state index < -0.39 is 6.03 Å². The van der Waals surface area contributed by atoms with Gasteiger partial charge in [-0.3, -0.25) is 0 Å². The van der Waals surface area contributed by atoms with E-state index in [9.17, 15) is 4.79 Å². The molecule has 86 valence electrons. The zero-order valence-corrected chi connectivity index (χ0v) is 8.96. The zero-order valence-electron chi connectivity index (χ0n) is 8.96. The number of nitrogens with one attached hydrogen (secondary N) is 1. The van der Waals surface area contributed by atoms with Crippen LogP contribution >= 0.6 is 0 Å². The Morgan fingerprint density at radius 3 is 2.82 bits per heavy atom. The number of carbonyl (C=O) groups excluding carboxylic acids is 1. The van der Waals surface area contributed by atoms with Crippen molar-refractivity contribution in [2.75, 3.05) is 0 Å².